The first-order chi connectivity index (χ1) is 18.3. The van der Waals surface area contributed by atoms with Gasteiger partial charge in [-0.25, -0.2) is 0 Å². The molecule has 0 bridgehead atoms. The van der Waals surface area contributed by atoms with Crippen LogP contribution >= 0.6 is 15.2 Å². The Hall–Kier alpha value is -0.0200. The van der Waals surface area contributed by atoms with E-state index in [1.54, 1.807) is 41.5 Å². The molecule has 39 heavy (non-hydrogen) atoms. The highest BCUT2D eigenvalue weighted by molar-refractivity contribution is 7.71. The summed E-state index contributed by atoms with van der Waals surface area (Å²) in [6.45, 7) is 10.1. The van der Waals surface area contributed by atoms with Gasteiger partial charge in [0, 0.05) is 14.2 Å². The first kappa shape index (κ1) is 31.9. The normalized spacial score (nSPS) is 39.8. The van der Waals surface area contributed by atoms with Gasteiger partial charge in [-0.15, -0.1) is 0 Å². The average Bonchev–Trinajstić information content (AvgIpc) is 3.52. The molecule has 4 aliphatic rings. The summed E-state index contributed by atoms with van der Waals surface area (Å²) in [7, 11) is -5.00. The molecule has 2 unspecified atom stereocenters. The minimum Gasteiger partial charge on any atom is -0.353 e. The number of ether oxygens (including phenoxy) is 8. The lowest BCUT2D eigenvalue weighted by molar-refractivity contribution is -0.229. The molecular formula is C23H42O14P2. The van der Waals surface area contributed by atoms with Crippen molar-refractivity contribution in [1.82, 2.24) is 0 Å². The van der Waals surface area contributed by atoms with Gasteiger partial charge in [-0.3, -0.25) is 9.13 Å². The summed E-state index contributed by atoms with van der Waals surface area (Å²) in [6, 6.07) is 0. The van der Waals surface area contributed by atoms with E-state index in [4.69, 9.17) is 56.0 Å². The Balaban J connectivity index is 1.41. The molecule has 0 N–H and O–H groups in total. The molecule has 4 aliphatic heterocycles. The fraction of sp³-hybridized carbons (Fsp3) is 1.00. The van der Waals surface area contributed by atoms with Gasteiger partial charge in [-0.1, -0.05) is 0 Å². The molecule has 228 valence electrons. The second-order valence-electron chi connectivity index (χ2n) is 10.5. The Morgan fingerprint density at radius 2 is 0.974 bits per heavy atom. The largest absolute Gasteiger partial charge is 0.353 e. The molecule has 16 heteroatoms. The van der Waals surface area contributed by atoms with Crippen LogP contribution in [-0.2, 0) is 65.1 Å². The van der Waals surface area contributed by atoms with E-state index in [1.807, 2.05) is 0 Å². The summed E-state index contributed by atoms with van der Waals surface area (Å²) in [5.74, 6) is -2.30. The van der Waals surface area contributed by atoms with Crippen molar-refractivity contribution >= 4 is 15.2 Å². The van der Waals surface area contributed by atoms with E-state index in [2.05, 4.69) is 0 Å². The summed E-state index contributed by atoms with van der Waals surface area (Å²) in [5, 5.41) is 0. The Morgan fingerprint density at radius 1 is 0.615 bits per heavy atom. The van der Waals surface area contributed by atoms with E-state index in [1.165, 1.54) is 14.2 Å². The fourth-order valence-electron chi connectivity index (χ4n) is 5.15. The SMILES string of the molecule is CCOP(=O)(CP(=O)(OCC)OC[C@H]1O[C@@H](OC)[C@@H]2OC(C)(C)O[C@@H]21)OC[C@H]1O[C@@H](OC)[C@@H]2OC(C)(C)O[C@@H]21. The van der Waals surface area contributed by atoms with Crippen molar-refractivity contribution in [3.63, 3.8) is 0 Å². The summed E-state index contributed by atoms with van der Waals surface area (Å²) < 4.78 is 96.1. The van der Waals surface area contributed by atoms with Crippen molar-refractivity contribution in [2.45, 2.75) is 102 Å². The van der Waals surface area contributed by atoms with Crippen molar-refractivity contribution in [2.24, 2.45) is 0 Å². The van der Waals surface area contributed by atoms with Gasteiger partial charge >= 0.3 is 15.2 Å². The second kappa shape index (κ2) is 12.3. The highest BCUT2D eigenvalue weighted by atomic mass is 31.2. The summed E-state index contributed by atoms with van der Waals surface area (Å²) >= 11 is 0. The number of methoxy groups -OCH3 is 2. The van der Waals surface area contributed by atoms with Crippen LogP contribution < -0.4 is 0 Å². The Labute approximate surface area is 229 Å². The molecule has 0 aromatic rings. The standard InChI is InChI=1S/C23H42O14P2/c1-9-28-38(24,30-11-14-16-18(20(26-7)32-14)36-22(3,4)34-16)13-39(25,29-10-2)31-12-15-17-19(21(27-8)33-15)37-23(5,6)35-17/h14-21H,9-13H2,1-8H3/t14-,15-,16-,17-,18-,19-,20-,21-,38?,39?/m1/s1. The van der Waals surface area contributed by atoms with Crippen LogP contribution in [0.25, 0.3) is 0 Å². The predicted octanol–water partition coefficient (Wildman–Crippen LogP) is 3.22. The Kier molecular flexibility index (Phi) is 10.1. The maximum absolute atomic E-state index is 13.8. The number of hydrogen-bond donors (Lipinski definition) is 0. The first-order valence-corrected chi connectivity index (χ1v) is 16.6. The van der Waals surface area contributed by atoms with E-state index in [-0.39, 0.29) is 26.4 Å². The van der Waals surface area contributed by atoms with Crippen LogP contribution in [0.3, 0.4) is 0 Å². The van der Waals surface area contributed by atoms with Gasteiger partial charge in [-0.05, 0) is 41.5 Å². The fourth-order valence-corrected chi connectivity index (χ4v) is 9.84. The zero-order chi connectivity index (χ0) is 28.6. The lowest BCUT2D eigenvalue weighted by Crippen LogP contribution is -2.33. The van der Waals surface area contributed by atoms with Crippen LogP contribution in [0.2, 0.25) is 0 Å². The van der Waals surface area contributed by atoms with Gasteiger partial charge in [0.05, 0.1) is 26.4 Å². The van der Waals surface area contributed by atoms with Crippen LogP contribution in [0.5, 0.6) is 0 Å². The molecule has 4 saturated heterocycles. The second-order valence-corrected chi connectivity index (χ2v) is 15.1. The molecule has 4 fully saturated rings. The van der Waals surface area contributed by atoms with Crippen molar-refractivity contribution in [2.75, 3.05) is 46.6 Å². The molecule has 0 aliphatic carbocycles. The Morgan fingerprint density at radius 3 is 1.31 bits per heavy atom. The predicted molar refractivity (Wildman–Crippen MR) is 134 cm³/mol. The molecule has 0 radical (unpaired) electrons. The lowest BCUT2D eigenvalue weighted by Gasteiger charge is -2.27. The topological polar surface area (TPSA) is 145 Å². The third kappa shape index (κ3) is 7.32. The molecule has 0 spiro atoms. The smallest absolute Gasteiger partial charge is 0.342 e. The van der Waals surface area contributed by atoms with Crippen LogP contribution in [0.1, 0.15) is 41.5 Å². The molecule has 10 atom stereocenters. The molecular weight excluding hydrogens is 562 g/mol. The number of rotatable bonds is 14. The molecule has 14 nitrogen and oxygen atoms in total. The summed E-state index contributed by atoms with van der Waals surface area (Å²) in [6.07, 6.45) is -4.72. The van der Waals surface area contributed by atoms with Crippen molar-refractivity contribution in [3.8, 4) is 0 Å². The third-order valence-corrected chi connectivity index (χ3v) is 11.7. The highest BCUT2D eigenvalue weighted by Crippen LogP contribution is 2.64. The summed E-state index contributed by atoms with van der Waals surface area (Å²) in [5.41, 5.74) is 0. The minimum absolute atomic E-state index is 0.0413. The van der Waals surface area contributed by atoms with Gasteiger partial charge in [0.1, 0.15) is 36.6 Å². The molecule has 0 aromatic carbocycles. The Bertz CT molecular complexity index is 859. The first-order valence-electron chi connectivity index (χ1n) is 13.1. The van der Waals surface area contributed by atoms with E-state index in [9.17, 15) is 9.13 Å². The van der Waals surface area contributed by atoms with Gasteiger partial charge in [0.25, 0.3) is 0 Å². The average molecular weight is 605 g/mol. The van der Waals surface area contributed by atoms with Gasteiger partial charge < -0.3 is 56.0 Å². The molecule has 0 amide bonds. The van der Waals surface area contributed by atoms with Gasteiger partial charge in [-0.2, -0.15) is 0 Å². The maximum Gasteiger partial charge on any atom is 0.342 e. The maximum atomic E-state index is 13.8. The highest BCUT2D eigenvalue weighted by Gasteiger charge is 2.57. The van der Waals surface area contributed by atoms with Crippen LogP contribution in [0.15, 0.2) is 0 Å². The van der Waals surface area contributed by atoms with Crippen LogP contribution in [0, 0.1) is 0 Å². The van der Waals surface area contributed by atoms with Crippen LogP contribution in [-0.4, -0.2) is 107 Å². The van der Waals surface area contributed by atoms with E-state index < -0.39 is 81.9 Å². The van der Waals surface area contributed by atoms with E-state index in [0.717, 1.165) is 0 Å². The van der Waals surface area contributed by atoms with E-state index in [0.29, 0.717) is 0 Å². The lowest BCUT2D eigenvalue weighted by atomic mass is 10.1. The summed E-state index contributed by atoms with van der Waals surface area (Å²) in [4.78, 5) is 0. The monoisotopic (exact) mass is 604 g/mol. The molecule has 4 rings (SSSR count). The number of hydrogen-bond acceptors (Lipinski definition) is 14. The quantitative estimate of drug-likeness (QED) is 0.268. The third-order valence-electron chi connectivity index (χ3n) is 6.55. The van der Waals surface area contributed by atoms with Gasteiger partial charge in [0.2, 0.25) is 0 Å². The van der Waals surface area contributed by atoms with Crippen molar-refractivity contribution in [1.29, 1.82) is 0 Å². The molecule has 0 aromatic heterocycles. The van der Waals surface area contributed by atoms with Crippen molar-refractivity contribution < 1.29 is 65.1 Å². The molecule has 4 heterocycles. The van der Waals surface area contributed by atoms with E-state index >= 15 is 0 Å². The van der Waals surface area contributed by atoms with Crippen LogP contribution in [0.4, 0.5) is 0 Å². The zero-order valence-electron chi connectivity index (χ0n) is 23.8. The molecule has 0 saturated carbocycles. The van der Waals surface area contributed by atoms with Crippen molar-refractivity contribution in [3.05, 3.63) is 0 Å². The van der Waals surface area contributed by atoms with Gasteiger partial charge in [0.15, 0.2) is 30.1 Å². The zero-order valence-corrected chi connectivity index (χ0v) is 25.6. The minimum atomic E-state index is -3.99. The number of fused-ring (bicyclic) bond motifs is 2.